The molecular formula is C18H27N3O2Zn. The molecule has 1 aromatic rings. The van der Waals surface area contributed by atoms with Gasteiger partial charge in [0.25, 0.3) is 5.97 Å². The van der Waals surface area contributed by atoms with Gasteiger partial charge in [0.05, 0.1) is 0 Å². The van der Waals surface area contributed by atoms with Crippen LogP contribution in [0.3, 0.4) is 0 Å². The molecule has 128 valence electrons. The summed E-state index contributed by atoms with van der Waals surface area (Å²) in [5, 5.41) is 14.1. The van der Waals surface area contributed by atoms with Gasteiger partial charge in [-0.3, -0.25) is 9.79 Å². The van der Waals surface area contributed by atoms with Crippen molar-refractivity contribution in [1.82, 2.24) is 5.32 Å². The van der Waals surface area contributed by atoms with Gasteiger partial charge in [-0.05, 0) is 42.9 Å². The molecule has 1 saturated carbocycles. The van der Waals surface area contributed by atoms with E-state index in [1.165, 1.54) is 37.7 Å². The van der Waals surface area contributed by atoms with Crippen molar-refractivity contribution in [3.63, 3.8) is 0 Å². The first-order valence-electron chi connectivity index (χ1n) is 8.50. The maximum absolute atomic E-state index is 9.00. The third-order valence-electron chi connectivity index (χ3n) is 4.15. The van der Waals surface area contributed by atoms with E-state index in [0.717, 1.165) is 44.0 Å². The quantitative estimate of drug-likeness (QED) is 0.683. The van der Waals surface area contributed by atoms with Crippen LogP contribution in [0.4, 0.5) is 5.69 Å². The number of rotatable bonds is 2. The van der Waals surface area contributed by atoms with Gasteiger partial charge >= 0.3 is 0 Å². The SMILES string of the molecule is CC(=O)O.[Zn].c1cc(C2CCCCC2)ccc1NC1=NCCCN1. The second-order valence-corrected chi connectivity index (χ2v) is 6.11. The van der Waals surface area contributed by atoms with E-state index in [2.05, 4.69) is 39.9 Å². The van der Waals surface area contributed by atoms with Crippen molar-refractivity contribution in [2.24, 2.45) is 4.99 Å². The summed E-state index contributed by atoms with van der Waals surface area (Å²) in [7, 11) is 0. The summed E-state index contributed by atoms with van der Waals surface area (Å²) in [5.41, 5.74) is 2.64. The number of nitrogens with zero attached hydrogens (tertiary/aromatic N) is 1. The van der Waals surface area contributed by atoms with Crippen LogP contribution in [-0.4, -0.2) is 30.1 Å². The summed E-state index contributed by atoms with van der Waals surface area (Å²) in [6, 6.07) is 8.93. The first-order chi connectivity index (χ1) is 11.1. The monoisotopic (exact) mass is 381 g/mol. The van der Waals surface area contributed by atoms with Gasteiger partial charge in [0.15, 0.2) is 5.96 Å². The largest absolute Gasteiger partial charge is 0.481 e. The van der Waals surface area contributed by atoms with E-state index >= 15 is 0 Å². The number of aliphatic carboxylic acids is 1. The molecule has 2 aliphatic rings. The molecule has 0 radical (unpaired) electrons. The Bertz CT molecular complexity index is 522. The fourth-order valence-corrected chi connectivity index (χ4v) is 3.03. The Morgan fingerprint density at radius 2 is 1.79 bits per heavy atom. The molecule has 3 rings (SSSR count). The van der Waals surface area contributed by atoms with Crippen molar-refractivity contribution in [2.45, 2.75) is 51.4 Å². The molecular weight excluding hydrogens is 356 g/mol. The topological polar surface area (TPSA) is 73.7 Å². The third-order valence-corrected chi connectivity index (χ3v) is 4.15. The molecule has 1 aromatic carbocycles. The molecule has 5 nitrogen and oxygen atoms in total. The minimum Gasteiger partial charge on any atom is -0.481 e. The van der Waals surface area contributed by atoms with Gasteiger partial charge in [-0.15, -0.1) is 0 Å². The molecule has 0 aromatic heterocycles. The molecule has 3 N–H and O–H groups in total. The molecule has 0 saturated heterocycles. The summed E-state index contributed by atoms with van der Waals surface area (Å²) in [5.74, 6) is 0.865. The molecule has 0 spiro atoms. The Morgan fingerprint density at radius 3 is 2.33 bits per heavy atom. The van der Waals surface area contributed by atoms with E-state index in [9.17, 15) is 0 Å². The standard InChI is InChI=1S/C16H23N3.C2H4O2.Zn/c1-2-5-13(6-3-1)14-7-9-15(10-8-14)19-16-17-11-4-12-18-16;1-2(3)4;/h7-10,13H,1-6,11-12H2,(H2,17,18,19);1H3,(H,3,4);. The molecule has 1 aliphatic carbocycles. The van der Waals surface area contributed by atoms with Crippen molar-refractivity contribution in [3.8, 4) is 0 Å². The van der Waals surface area contributed by atoms with Crippen molar-refractivity contribution < 1.29 is 29.4 Å². The number of carbonyl (C=O) groups is 1. The van der Waals surface area contributed by atoms with Gasteiger partial charge in [-0.2, -0.15) is 0 Å². The van der Waals surface area contributed by atoms with Crippen molar-refractivity contribution in [2.75, 3.05) is 18.4 Å². The van der Waals surface area contributed by atoms with Crippen LogP contribution in [-0.2, 0) is 24.3 Å². The second-order valence-electron chi connectivity index (χ2n) is 6.11. The van der Waals surface area contributed by atoms with Crippen LogP contribution in [0.1, 0.15) is 56.9 Å². The Labute approximate surface area is 157 Å². The van der Waals surface area contributed by atoms with Crippen molar-refractivity contribution >= 4 is 17.6 Å². The van der Waals surface area contributed by atoms with E-state index < -0.39 is 5.97 Å². The van der Waals surface area contributed by atoms with Gasteiger partial charge in [-0.25, -0.2) is 0 Å². The number of nitrogens with one attached hydrogen (secondary N) is 2. The first kappa shape index (κ1) is 20.6. The van der Waals surface area contributed by atoms with Crippen LogP contribution in [0.2, 0.25) is 0 Å². The Kier molecular flexibility index (Phi) is 9.62. The Morgan fingerprint density at radius 1 is 1.17 bits per heavy atom. The number of guanidine groups is 1. The molecule has 0 unspecified atom stereocenters. The fourth-order valence-electron chi connectivity index (χ4n) is 3.03. The summed E-state index contributed by atoms with van der Waals surface area (Å²) in [6.07, 6.45) is 8.06. The summed E-state index contributed by atoms with van der Waals surface area (Å²) in [4.78, 5) is 13.4. The smallest absolute Gasteiger partial charge is 0.300 e. The number of aliphatic imine (C=N–C) groups is 1. The zero-order valence-electron chi connectivity index (χ0n) is 14.6. The van der Waals surface area contributed by atoms with Gasteiger partial charge in [0, 0.05) is 45.2 Å². The van der Waals surface area contributed by atoms with E-state index in [1.54, 1.807) is 0 Å². The molecule has 1 fully saturated rings. The van der Waals surface area contributed by atoms with E-state index in [1.807, 2.05) is 0 Å². The second kappa shape index (κ2) is 11.2. The summed E-state index contributed by atoms with van der Waals surface area (Å²) in [6.45, 7) is 3.03. The van der Waals surface area contributed by atoms with Crippen LogP contribution in [0.15, 0.2) is 29.3 Å². The number of carboxylic acid groups (broad SMARTS) is 1. The molecule has 0 atom stereocenters. The molecule has 0 bridgehead atoms. The van der Waals surface area contributed by atoms with Crippen LogP contribution in [0, 0.1) is 0 Å². The van der Waals surface area contributed by atoms with Crippen LogP contribution in [0.5, 0.6) is 0 Å². The van der Waals surface area contributed by atoms with E-state index in [-0.39, 0.29) is 19.5 Å². The predicted octanol–water partition coefficient (Wildman–Crippen LogP) is 3.58. The summed E-state index contributed by atoms with van der Waals surface area (Å²) < 4.78 is 0. The molecule has 0 amide bonds. The number of carboxylic acids is 1. The molecule has 6 heteroatoms. The third kappa shape index (κ3) is 7.44. The van der Waals surface area contributed by atoms with Gasteiger partial charge in [0.1, 0.15) is 0 Å². The summed E-state index contributed by atoms with van der Waals surface area (Å²) >= 11 is 0. The number of hydrogen-bond acceptors (Lipinski definition) is 4. The normalized spacial score (nSPS) is 17.3. The van der Waals surface area contributed by atoms with E-state index in [4.69, 9.17) is 9.90 Å². The van der Waals surface area contributed by atoms with Gasteiger partial charge < -0.3 is 15.7 Å². The van der Waals surface area contributed by atoms with E-state index in [0.29, 0.717) is 0 Å². The van der Waals surface area contributed by atoms with Crippen LogP contribution < -0.4 is 10.6 Å². The average Bonchev–Trinajstić information content (AvgIpc) is 2.57. The van der Waals surface area contributed by atoms with Gasteiger partial charge in [0.2, 0.25) is 0 Å². The average molecular weight is 383 g/mol. The maximum Gasteiger partial charge on any atom is 0.300 e. The number of hydrogen-bond donors (Lipinski definition) is 3. The number of anilines is 1. The minimum absolute atomic E-state index is 0. The van der Waals surface area contributed by atoms with Crippen LogP contribution >= 0.6 is 0 Å². The predicted molar refractivity (Wildman–Crippen MR) is 94.1 cm³/mol. The minimum atomic E-state index is -0.833. The zero-order valence-corrected chi connectivity index (χ0v) is 17.5. The van der Waals surface area contributed by atoms with Crippen LogP contribution in [0.25, 0.3) is 0 Å². The van der Waals surface area contributed by atoms with Gasteiger partial charge in [-0.1, -0.05) is 31.4 Å². The fraction of sp³-hybridized carbons (Fsp3) is 0.556. The first-order valence-corrected chi connectivity index (χ1v) is 8.50. The van der Waals surface area contributed by atoms with Crippen molar-refractivity contribution in [1.29, 1.82) is 0 Å². The Hall–Kier alpha value is -1.42. The molecule has 24 heavy (non-hydrogen) atoms. The zero-order chi connectivity index (χ0) is 16.5. The number of benzene rings is 1. The Balaban J connectivity index is 0.000000522. The van der Waals surface area contributed by atoms with Crippen molar-refractivity contribution in [3.05, 3.63) is 29.8 Å². The molecule has 1 aliphatic heterocycles. The molecule has 1 heterocycles. The maximum atomic E-state index is 9.00.